The van der Waals surface area contributed by atoms with Crippen molar-refractivity contribution < 1.29 is 14.8 Å². The summed E-state index contributed by atoms with van der Waals surface area (Å²) in [4.78, 5) is 24.3. The fraction of sp³-hybridized carbons (Fsp3) is 0.350. The van der Waals surface area contributed by atoms with Crippen molar-refractivity contribution in [3.8, 4) is 0 Å². The molecule has 0 bridgehead atoms. The van der Waals surface area contributed by atoms with E-state index in [2.05, 4.69) is 4.90 Å². The van der Waals surface area contributed by atoms with Crippen LogP contribution < -0.4 is 4.90 Å². The number of nitro benzene ring substituents is 1. The van der Waals surface area contributed by atoms with Crippen LogP contribution in [0.5, 0.6) is 0 Å². The lowest BCUT2D eigenvalue weighted by Gasteiger charge is -2.32. The number of aryl methyl sites for hydroxylation is 2. The van der Waals surface area contributed by atoms with Crippen LogP contribution in [0.4, 0.5) is 11.4 Å². The number of hydrogen-bond acceptors (Lipinski definition) is 4. The Morgan fingerprint density at radius 1 is 1.12 bits per heavy atom. The Balaban J connectivity index is 1.76. The monoisotopic (exact) mass is 354 g/mol. The van der Waals surface area contributed by atoms with Crippen molar-refractivity contribution in [3.05, 3.63) is 69.8 Å². The molecule has 1 aliphatic rings. The number of benzene rings is 2. The number of piperidine rings is 1. The molecule has 136 valence electrons. The van der Waals surface area contributed by atoms with E-state index in [-0.39, 0.29) is 16.5 Å². The second-order valence-electron chi connectivity index (χ2n) is 6.66. The summed E-state index contributed by atoms with van der Waals surface area (Å²) in [5.74, 6) is -1.03. The van der Waals surface area contributed by atoms with Gasteiger partial charge in [0.2, 0.25) is 0 Å². The van der Waals surface area contributed by atoms with Crippen molar-refractivity contribution in [1.82, 2.24) is 0 Å². The maximum absolute atomic E-state index is 11.4. The van der Waals surface area contributed by atoms with E-state index in [1.54, 1.807) is 12.1 Å². The standard InChI is InChI=1S/C20H22N2O4/c23-20(24)16-10-12-21(13-11-16)18-8-9-19(22(25)26)17(14-18)7-6-15-4-2-1-3-5-15/h1-5,8-9,14,16H,6-7,10-13H2,(H,23,24). The third-order valence-electron chi connectivity index (χ3n) is 4.99. The van der Waals surface area contributed by atoms with Gasteiger partial charge in [0.25, 0.3) is 5.69 Å². The SMILES string of the molecule is O=C(O)C1CCN(c2ccc([N+](=O)[O-])c(CCc3ccccc3)c2)CC1. The van der Waals surface area contributed by atoms with E-state index < -0.39 is 5.97 Å². The average Bonchev–Trinajstić information content (AvgIpc) is 2.67. The van der Waals surface area contributed by atoms with Crippen LogP contribution in [0.3, 0.4) is 0 Å². The largest absolute Gasteiger partial charge is 0.481 e. The van der Waals surface area contributed by atoms with Gasteiger partial charge in [0.15, 0.2) is 0 Å². The normalized spacial score (nSPS) is 15.0. The van der Waals surface area contributed by atoms with Crippen LogP contribution in [-0.2, 0) is 17.6 Å². The Kier molecular flexibility index (Phi) is 5.51. The van der Waals surface area contributed by atoms with Crippen LogP contribution in [0.15, 0.2) is 48.5 Å². The van der Waals surface area contributed by atoms with E-state index >= 15 is 0 Å². The first kappa shape index (κ1) is 17.9. The fourth-order valence-electron chi connectivity index (χ4n) is 3.46. The van der Waals surface area contributed by atoms with E-state index in [1.807, 2.05) is 36.4 Å². The molecule has 0 spiro atoms. The molecule has 3 rings (SSSR count). The molecule has 1 fully saturated rings. The molecule has 2 aromatic rings. The Hall–Kier alpha value is -2.89. The number of nitro groups is 1. The quantitative estimate of drug-likeness (QED) is 0.632. The van der Waals surface area contributed by atoms with Gasteiger partial charge in [-0.25, -0.2) is 0 Å². The number of nitrogens with zero attached hydrogens (tertiary/aromatic N) is 2. The molecule has 2 aromatic carbocycles. The molecule has 0 unspecified atom stereocenters. The Morgan fingerprint density at radius 2 is 1.81 bits per heavy atom. The summed E-state index contributed by atoms with van der Waals surface area (Å²) in [6.45, 7) is 1.32. The molecule has 0 radical (unpaired) electrons. The molecule has 0 saturated carbocycles. The zero-order valence-electron chi connectivity index (χ0n) is 14.5. The van der Waals surface area contributed by atoms with E-state index in [0.717, 1.165) is 23.2 Å². The summed E-state index contributed by atoms with van der Waals surface area (Å²) < 4.78 is 0. The second-order valence-corrected chi connectivity index (χ2v) is 6.66. The third-order valence-corrected chi connectivity index (χ3v) is 4.99. The Labute approximate surface area is 152 Å². The van der Waals surface area contributed by atoms with Crippen LogP contribution >= 0.6 is 0 Å². The van der Waals surface area contributed by atoms with Crippen LogP contribution in [-0.4, -0.2) is 29.1 Å². The molecule has 0 aromatic heterocycles. The van der Waals surface area contributed by atoms with Gasteiger partial charge in [-0.3, -0.25) is 14.9 Å². The highest BCUT2D eigenvalue weighted by Crippen LogP contribution is 2.29. The molecule has 1 heterocycles. The summed E-state index contributed by atoms with van der Waals surface area (Å²) in [6.07, 6.45) is 2.54. The number of anilines is 1. The number of rotatable bonds is 6. The number of aliphatic carboxylic acids is 1. The van der Waals surface area contributed by atoms with Gasteiger partial charge in [-0.2, -0.15) is 0 Å². The predicted octanol–water partition coefficient (Wildman–Crippen LogP) is 3.68. The van der Waals surface area contributed by atoms with Gasteiger partial charge in [0, 0.05) is 30.4 Å². The predicted molar refractivity (Wildman–Crippen MR) is 99.5 cm³/mol. The van der Waals surface area contributed by atoms with Crippen LogP contribution in [0.1, 0.15) is 24.0 Å². The van der Waals surface area contributed by atoms with Crippen molar-refractivity contribution in [2.75, 3.05) is 18.0 Å². The minimum atomic E-state index is -0.739. The first-order chi connectivity index (χ1) is 12.5. The van der Waals surface area contributed by atoms with Crippen molar-refractivity contribution >= 4 is 17.3 Å². The third kappa shape index (κ3) is 4.20. The Bertz CT molecular complexity index is 784. The van der Waals surface area contributed by atoms with E-state index in [0.29, 0.717) is 32.4 Å². The van der Waals surface area contributed by atoms with Crippen LogP contribution in [0.25, 0.3) is 0 Å². The highest BCUT2D eigenvalue weighted by molar-refractivity contribution is 5.70. The van der Waals surface area contributed by atoms with E-state index in [9.17, 15) is 14.9 Å². The van der Waals surface area contributed by atoms with Crippen molar-refractivity contribution in [2.24, 2.45) is 5.92 Å². The zero-order valence-corrected chi connectivity index (χ0v) is 14.5. The zero-order chi connectivity index (χ0) is 18.5. The Morgan fingerprint density at radius 3 is 2.42 bits per heavy atom. The maximum atomic E-state index is 11.4. The lowest BCUT2D eigenvalue weighted by Crippen LogP contribution is -2.36. The van der Waals surface area contributed by atoms with Crippen molar-refractivity contribution in [1.29, 1.82) is 0 Å². The molecule has 0 amide bonds. The maximum Gasteiger partial charge on any atom is 0.306 e. The van der Waals surface area contributed by atoms with Gasteiger partial charge >= 0.3 is 5.97 Å². The van der Waals surface area contributed by atoms with Gasteiger partial charge in [-0.15, -0.1) is 0 Å². The lowest BCUT2D eigenvalue weighted by atomic mass is 9.96. The van der Waals surface area contributed by atoms with Gasteiger partial charge in [-0.1, -0.05) is 30.3 Å². The van der Waals surface area contributed by atoms with Gasteiger partial charge in [0.1, 0.15) is 0 Å². The summed E-state index contributed by atoms with van der Waals surface area (Å²) in [7, 11) is 0. The summed E-state index contributed by atoms with van der Waals surface area (Å²) >= 11 is 0. The van der Waals surface area contributed by atoms with Crippen LogP contribution in [0, 0.1) is 16.0 Å². The molecule has 1 saturated heterocycles. The number of carboxylic acid groups (broad SMARTS) is 1. The second kappa shape index (κ2) is 7.99. The smallest absolute Gasteiger partial charge is 0.306 e. The van der Waals surface area contributed by atoms with Crippen molar-refractivity contribution in [3.63, 3.8) is 0 Å². The minimum absolute atomic E-state index is 0.144. The van der Waals surface area contributed by atoms with Gasteiger partial charge in [-0.05, 0) is 43.4 Å². The summed E-state index contributed by atoms with van der Waals surface area (Å²) in [6, 6.07) is 15.2. The molecule has 6 nitrogen and oxygen atoms in total. The van der Waals surface area contributed by atoms with E-state index in [1.165, 1.54) is 0 Å². The summed E-state index contributed by atoms with van der Waals surface area (Å²) in [5, 5.41) is 20.5. The van der Waals surface area contributed by atoms with Gasteiger partial charge < -0.3 is 10.0 Å². The number of carboxylic acids is 1. The number of carbonyl (C=O) groups is 1. The highest BCUT2D eigenvalue weighted by atomic mass is 16.6. The van der Waals surface area contributed by atoms with Gasteiger partial charge in [0.05, 0.1) is 10.8 Å². The number of hydrogen-bond donors (Lipinski definition) is 1. The molecular weight excluding hydrogens is 332 g/mol. The molecule has 26 heavy (non-hydrogen) atoms. The highest BCUT2D eigenvalue weighted by Gasteiger charge is 2.25. The van der Waals surface area contributed by atoms with Crippen LogP contribution in [0.2, 0.25) is 0 Å². The molecule has 0 aliphatic carbocycles. The first-order valence-electron chi connectivity index (χ1n) is 8.83. The lowest BCUT2D eigenvalue weighted by molar-refractivity contribution is -0.385. The first-order valence-corrected chi connectivity index (χ1v) is 8.83. The average molecular weight is 354 g/mol. The fourth-order valence-corrected chi connectivity index (χ4v) is 3.46. The minimum Gasteiger partial charge on any atom is -0.481 e. The molecule has 6 heteroatoms. The molecule has 1 aliphatic heterocycles. The summed E-state index contributed by atoms with van der Waals surface area (Å²) in [5.41, 5.74) is 2.94. The topological polar surface area (TPSA) is 83.7 Å². The molecular formula is C20H22N2O4. The van der Waals surface area contributed by atoms with Crippen molar-refractivity contribution in [2.45, 2.75) is 25.7 Å². The molecule has 0 atom stereocenters. The molecule has 1 N–H and O–H groups in total. The van der Waals surface area contributed by atoms with E-state index in [4.69, 9.17) is 5.11 Å².